The van der Waals surface area contributed by atoms with Crippen LogP contribution >= 0.6 is 15.9 Å². The van der Waals surface area contributed by atoms with Crippen LogP contribution in [-0.4, -0.2) is 48.3 Å². The van der Waals surface area contributed by atoms with Gasteiger partial charge in [-0.15, -0.1) is 0 Å². The van der Waals surface area contributed by atoms with E-state index in [1.165, 1.54) is 0 Å². The minimum atomic E-state index is -0.0776. The molecule has 0 N–H and O–H groups in total. The number of hydrogen-bond acceptors (Lipinski definition) is 2. The van der Waals surface area contributed by atoms with E-state index in [0.717, 1.165) is 10.9 Å². The predicted octanol–water partition coefficient (Wildman–Crippen LogP) is 1.75. The minimum absolute atomic E-state index is 0.00189. The molecular formula is C13H15BrN2O2. The monoisotopic (exact) mass is 310 g/mol. The lowest BCUT2D eigenvalue weighted by molar-refractivity contribution is -0.129. The van der Waals surface area contributed by atoms with Crippen molar-refractivity contribution in [3.63, 3.8) is 0 Å². The number of halogens is 1. The number of hydrogen-bond donors (Lipinski definition) is 0. The summed E-state index contributed by atoms with van der Waals surface area (Å²) >= 11 is 3.33. The molecule has 0 radical (unpaired) electrons. The molecule has 0 aromatic heterocycles. The maximum Gasteiger partial charge on any atom is 0.254 e. The zero-order chi connectivity index (χ0) is 13.1. The minimum Gasteiger partial charge on any atom is -0.344 e. The van der Waals surface area contributed by atoms with Crippen molar-refractivity contribution in [3.05, 3.63) is 34.3 Å². The van der Waals surface area contributed by atoms with Gasteiger partial charge in [0.1, 0.15) is 6.54 Å². The van der Waals surface area contributed by atoms with Crippen LogP contribution in [0.15, 0.2) is 28.7 Å². The topological polar surface area (TPSA) is 40.6 Å². The molecule has 1 heterocycles. The van der Waals surface area contributed by atoms with Gasteiger partial charge in [0.15, 0.2) is 0 Å². The molecule has 0 aliphatic carbocycles. The van der Waals surface area contributed by atoms with Crippen molar-refractivity contribution >= 4 is 27.7 Å². The fourth-order valence-electron chi connectivity index (χ4n) is 1.93. The van der Waals surface area contributed by atoms with Crippen molar-refractivity contribution in [1.82, 2.24) is 9.80 Å². The summed E-state index contributed by atoms with van der Waals surface area (Å²) in [5.74, 6) is -0.0795. The Morgan fingerprint density at radius 2 is 1.89 bits per heavy atom. The van der Waals surface area contributed by atoms with Gasteiger partial charge in [0.05, 0.1) is 0 Å². The number of likely N-dealkylation sites (N-methyl/N-ethyl adjacent to an activating group) is 1. The van der Waals surface area contributed by atoms with Crippen LogP contribution in [0.5, 0.6) is 0 Å². The molecule has 0 spiro atoms. The van der Waals surface area contributed by atoms with Crippen LogP contribution in [0.4, 0.5) is 0 Å². The summed E-state index contributed by atoms with van der Waals surface area (Å²) in [6, 6.07) is 7.20. The maximum atomic E-state index is 12.3. The molecule has 96 valence electrons. The lowest BCUT2D eigenvalue weighted by Crippen LogP contribution is -2.38. The maximum absolute atomic E-state index is 12.3. The zero-order valence-corrected chi connectivity index (χ0v) is 11.8. The fraction of sp³-hybridized carbons (Fsp3) is 0.385. The molecule has 5 heteroatoms. The molecule has 1 aliphatic rings. The molecule has 0 bridgehead atoms. The van der Waals surface area contributed by atoms with Gasteiger partial charge in [0.25, 0.3) is 5.91 Å². The smallest absolute Gasteiger partial charge is 0.254 e. The summed E-state index contributed by atoms with van der Waals surface area (Å²) in [7, 11) is 1.77. The van der Waals surface area contributed by atoms with E-state index in [0.29, 0.717) is 18.7 Å². The Morgan fingerprint density at radius 3 is 2.56 bits per heavy atom. The van der Waals surface area contributed by atoms with E-state index in [9.17, 15) is 9.59 Å². The van der Waals surface area contributed by atoms with Gasteiger partial charge < -0.3 is 9.80 Å². The first kappa shape index (κ1) is 13.1. The van der Waals surface area contributed by atoms with Gasteiger partial charge in [-0.3, -0.25) is 9.59 Å². The number of carbonyl (C=O) groups excluding carboxylic acids is 2. The quantitative estimate of drug-likeness (QED) is 0.793. The van der Waals surface area contributed by atoms with Gasteiger partial charge in [-0.05, 0) is 30.7 Å². The number of benzene rings is 1. The van der Waals surface area contributed by atoms with Gasteiger partial charge in [-0.2, -0.15) is 0 Å². The number of nitrogens with zero attached hydrogens (tertiary/aromatic N) is 2. The Labute approximate surface area is 115 Å². The summed E-state index contributed by atoms with van der Waals surface area (Å²) in [5.41, 5.74) is 0.621. The van der Waals surface area contributed by atoms with Gasteiger partial charge in [-0.1, -0.05) is 15.9 Å². The highest BCUT2D eigenvalue weighted by molar-refractivity contribution is 9.10. The average Bonchev–Trinajstić information content (AvgIpc) is 2.52. The Balaban J connectivity index is 2.13. The second-order valence-electron chi connectivity index (χ2n) is 4.40. The molecule has 0 saturated carbocycles. The van der Waals surface area contributed by atoms with E-state index < -0.39 is 0 Å². The Bertz CT molecular complexity index is 459. The molecule has 0 atom stereocenters. The lowest BCUT2D eigenvalue weighted by atomic mass is 10.2. The van der Waals surface area contributed by atoms with E-state index in [1.54, 1.807) is 29.0 Å². The van der Waals surface area contributed by atoms with Crippen LogP contribution in [0.3, 0.4) is 0 Å². The highest BCUT2D eigenvalue weighted by Gasteiger charge is 2.23. The zero-order valence-electron chi connectivity index (χ0n) is 10.2. The standard InChI is InChI=1S/C13H15BrN2O2/c1-15-7-2-8-16(9-12(15)17)13(18)10-3-5-11(14)6-4-10/h3-6H,2,7-9H2,1H3. The normalized spacial score (nSPS) is 16.7. The van der Waals surface area contributed by atoms with E-state index in [2.05, 4.69) is 15.9 Å². The Morgan fingerprint density at radius 1 is 1.22 bits per heavy atom. The molecule has 1 aromatic rings. The highest BCUT2D eigenvalue weighted by Crippen LogP contribution is 2.13. The van der Waals surface area contributed by atoms with Crippen LogP contribution in [0.25, 0.3) is 0 Å². The largest absolute Gasteiger partial charge is 0.344 e. The van der Waals surface area contributed by atoms with Crippen molar-refractivity contribution in [1.29, 1.82) is 0 Å². The van der Waals surface area contributed by atoms with Crippen molar-refractivity contribution in [3.8, 4) is 0 Å². The first-order chi connectivity index (χ1) is 8.58. The molecule has 2 amide bonds. The van der Waals surface area contributed by atoms with Crippen molar-refractivity contribution < 1.29 is 9.59 Å². The lowest BCUT2D eigenvalue weighted by Gasteiger charge is -2.19. The second kappa shape index (κ2) is 5.52. The van der Waals surface area contributed by atoms with Crippen molar-refractivity contribution in [2.45, 2.75) is 6.42 Å². The second-order valence-corrected chi connectivity index (χ2v) is 5.32. The van der Waals surface area contributed by atoms with Crippen LogP contribution in [0, 0.1) is 0 Å². The Hall–Kier alpha value is -1.36. The van der Waals surface area contributed by atoms with Crippen LogP contribution < -0.4 is 0 Å². The third-order valence-corrected chi connectivity index (χ3v) is 3.58. The number of rotatable bonds is 1. The summed E-state index contributed by atoms with van der Waals surface area (Å²) in [6.45, 7) is 1.51. The number of amides is 2. The number of carbonyl (C=O) groups is 2. The molecule has 18 heavy (non-hydrogen) atoms. The average molecular weight is 311 g/mol. The van der Waals surface area contributed by atoms with E-state index >= 15 is 0 Å². The van der Waals surface area contributed by atoms with E-state index in [4.69, 9.17) is 0 Å². The predicted molar refractivity (Wildman–Crippen MR) is 72.3 cm³/mol. The third kappa shape index (κ3) is 2.90. The van der Waals surface area contributed by atoms with E-state index in [-0.39, 0.29) is 18.4 Å². The van der Waals surface area contributed by atoms with Gasteiger partial charge in [0, 0.05) is 30.2 Å². The van der Waals surface area contributed by atoms with Crippen LogP contribution in [-0.2, 0) is 4.79 Å². The molecule has 1 fully saturated rings. The fourth-order valence-corrected chi connectivity index (χ4v) is 2.20. The summed E-state index contributed by atoms with van der Waals surface area (Å²) < 4.78 is 0.936. The van der Waals surface area contributed by atoms with E-state index in [1.807, 2.05) is 12.1 Å². The van der Waals surface area contributed by atoms with Crippen molar-refractivity contribution in [2.24, 2.45) is 0 Å². The summed E-state index contributed by atoms with van der Waals surface area (Å²) in [6.07, 6.45) is 0.824. The first-order valence-corrected chi connectivity index (χ1v) is 6.66. The molecule has 1 saturated heterocycles. The molecule has 0 unspecified atom stereocenters. The molecular weight excluding hydrogens is 296 g/mol. The summed E-state index contributed by atoms with van der Waals surface area (Å²) in [5, 5.41) is 0. The summed E-state index contributed by atoms with van der Waals surface area (Å²) in [4.78, 5) is 27.3. The Kier molecular flexibility index (Phi) is 4.01. The molecule has 4 nitrogen and oxygen atoms in total. The SMILES string of the molecule is CN1CCCN(C(=O)c2ccc(Br)cc2)CC1=O. The van der Waals surface area contributed by atoms with Gasteiger partial charge >= 0.3 is 0 Å². The third-order valence-electron chi connectivity index (χ3n) is 3.05. The molecule has 1 aromatic carbocycles. The molecule has 1 aliphatic heterocycles. The van der Waals surface area contributed by atoms with Crippen LogP contribution in [0.1, 0.15) is 16.8 Å². The highest BCUT2D eigenvalue weighted by atomic mass is 79.9. The first-order valence-electron chi connectivity index (χ1n) is 5.87. The van der Waals surface area contributed by atoms with Gasteiger partial charge in [-0.25, -0.2) is 0 Å². The molecule has 2 rings (SSSR count). The van der Waals surface area contributed by atoms with Crippen molar-refractivity contribution in [2.75, 3.05) is 26.7 Å². The van der Waals surface area contributed by atoms with Crippen LogP contribution in [0.2, 0.25) is 0 Å². The van der Waals surface area contributed by atoms with Gasteiger partial charge in [0.2, 0.25) is 5.91 Å².